The van der Waals surface area contributed by atoms with Crippen LogP contribution >= 0.6 is 11.6 Å². The monoisotopic (exact) mass is 374 g/mol. The average Bonchev–Trinajstić information content (AvgIpc) is 3.11. The van der Waals surface area contributed by atoms with E-state index in [4.69, 9.17) is 21.1 Å². The van der Waals surface area contributed by atoms with E-state index in [2.05, 4.69) is 14.9 Å². The van der Waals surface area contributed by atoms with Gasteiger partial charge in [-0.15, -0.1) is 0 Å². The van der Waals surface area contributed by atoms with Crippen molar-refractivity contribution in [1.82, 2.24) is 14.9 Å². The highest BCUT2D eigenvalue weighted by atomic mass is 35.5. The van der Waals surface area contributed by atoms with Gasteiger partial charge in [-0.1, -0.05) is 11.6 Å². The van der Waals surface area contributed by atoms with Crippen LogP contribution in [0.5, 0.6) is 5.75 Å². The first-order chi connectivity index (χ1) is 12.7. The normalized spacial score (nSPS) is 16.5. The smallest absolute Gasteiger partial charge is 0.258 e. The molecule has 26 heavy (non-hydrogen) atoms. The van der Waals surface area contributed by atoms with Crippen LogP contribution in [-0.2, 0) is 17.8 Å². The third-order valence-electron chi connectivity index (χ3n) is 4.62. The number of amides is 1. The molecule has 2 aromatic rings. The fourth-order valence-corrected chi connectivity index (χ4v) is 3.39. The van der Waals surface area contributed by atoms with Crippen molar-refractivity contribution < 1.29 is 14.3 Å². The van der Waals surface area contributed by atoms with Crippen LogP contribution in [0.2, 0.25) is 5.02 Å². The Morgan fingerprint density at radius 3 is 2.85 bits per heavy atom. The summed E-state index contributed by atoms with van der Waals surface area (Å²) < 4.78 is 10.7. The molecule has 0 saturated carbocycles. The third-order valence-corrected chi connectivity index (χ3v) is 4.85. The minimum atomic E-state index is -0.129. The molecule has 0 aliphatic carbocycles. The first-order valence-corrected chi connectivity index (χ1v) is 8.84. The van der Waals surface area contributed by atoms with Gasteiger partial charge < -0.3 is 19.3 Å². The van der Waals surface area contributed by atoms with Gasteiger partial charge in [-0.2, -0.15) is 0 Å². The fraction of sp³-hybridized carbons (Fsp3) is 0.389. The molecule has 4 rings (SSSR count). The molecular weight excluding hydrogens is 356 g/mol. The first-order valence-electron chi connectivity index (χ1n) is 8.46. The largest absolute Gasteiger partial charge is 0.496 e. The van der Waals surface area contributed by atoms with Crippen LogP contribution in [0.15, 0.2) is 24.4 Å². The number of halogens is 1. The number of benzene rings is 1. The molecule has 8 heteroatoms. The predicted octanol–water partition coefficient (Wildman–Crippen LogP) is 2.13. The van der Waals surface area contributed by atoms with Crippen molar-refractivity contribution in [2.24, 2.45) is 0 Å². The number of morpholine rings is 1. The summed E-state index contributed by atoms with van der Waals surface area (Å²) in [7, 11) is 1.54. The number of rotatable bonds is 3. The Labute approximate surface area is 156 Å². The molecule has 0 radical (unpaired) electrons. The number of hydrogen-bond acceptors (Lipinski definition) is 6. The van der Waals surface area contributed by atoms with Gasteiger partial charge >= 0.3 is 0 Å². The Hall–Kier alpha value is -2.38. The van der Waals surface area contributed by atoms with Gasteiger partial charge in [-0.25, -0.2) is 9.97 Å². The minimum Gasteiger partial charge on any atom is -0.496 e. The van der Waals surface area contributed by atoms with Crippen molar-refractivity contribution in [2.45, 2.75) is 13.1 Å². The zero-order valence-corrected chi connectivity index (χ0v) is 15.2. The highest BCUT2D eigenvalue weighted by Gasteiger charge is 2.28. The lowest BCUT2D eigenvalue weighted by molar-refractivity contribution is 0.0747. The van der Waals surface area contributed by atoms with Gasteiger partial charge in [0.2, 0.25) is 5.95 Å². The van der Waals surface area contributed by atoms with E-state index >= 15 is 0 Å². The number of carbonyl (C=O) groups is 1. The van der Waals surface area contributed by atoms with Crippen molar-refractivity contribution >= 4 is 23.5 Å². The van der Waals surface area contributed by atoms with Crippen molar-refractivity contribution in [2.75, 3.05) is 38.3 Å². The van der Waals surface area contributed by atoms with Crippen LogP contribution in [0, 0.1) is 0 Å². The van der Waals surface area contributed by atoms with Crippen LogP contribution in [0.3, 0.4) is 0 Å². The molecule has 7 nitrogen and oxygen atoms in total. The van der Waals surface area contributed by atoms with Gasteiger partial charge in [0.15, 0.2) is 0 Å². The number of ether oxygens (including phenoxy) is 2. The first kappa shape index (κ1) is 17.1. The molecule has 3 heterocycles. The van der Waals surface area contributed by atoms with E-state index in [-0.39, 0.29) is 5.91 Å². The number of methoxy groups -OCH3 is 1. The van der Waals surface area contributed by atoms with Crippen LogP contribution in [0.4, 0.5) is 5.95 Å². The van der Waals surface area contributed by atoms with Crippen molar-refractivity contribution in [3.05, 3.63) is 46.2 Å². The maximum absolute atomic E-state index is 12.9. The number of anilines is 1. The molecular formula is C18H19ClN4O3. The maximum Gasteiger partial charge on any atom is 0.258 e. The molecule has 1 fully saturated rings. The number of aromatic nitrogens is 2. The number of fused-ring (bicyclic) bond motifs is 1. The molecule has 2 aliphatic rings. The van der Waals surface area contributed by atoms with Gasteiger partial charge in [0.25, 0.3) is 5.91 Å². The number of hydrogen-bond donors (Lipinski definition) is 0. The van der Waals surface area contributed by atoms with E-state index in [1.807, 2.05) is 6.20 Å². The summed E-state index contributed by atoms with van der Waals surface area (Å²) >= 11 is 6.06. The highest BCUT2D eigenvalue weighted by Crippen LogP contribution is 2.29. The predicted molar refractivity (Wildman–Crippen MR) is 96.6 cm³/mol. The van der Waals surface area contributed by atoms with Crippen LogP contribution < -0.4 is 9.64 Å². The summed E-state index contributed by atoms with van der Waals surface area (Å²) in [6.07, 6.45) is 1.82. The minimum absolute atomic E-state index is 0.129. The number of nitrogens with zero attached hydrogens (tertiary/aromatic N) is 4. The summed E-state index contributed by atoms with van der Waals surface area (Å²) in [4.78, 5) is 25.9. The zero-order valence-electron chi connectivity index (χ0n) is 14.4. The lowest BCUT2D eigenvalue weighted by Gasteiger charge is -2.26. The lowest BCUT2D eigenvalue weighted by atomic mass is 10.1. The number of carbonyl (C=O) groups excluding carboxylic acids is 1. The Morgan fingerprint density at radius 2 is 2.08 bits per heavy atom. The van der Waals surface area contributed by atoms with E-state index in [0.29, 0.717) is 48.6 Å². The molecule has 1 saturated heterocycles. The maximum atomic E-state index is 12.9. The summed E-state index contributed by atoms with van der Waals surface area (Å²) in [6, 6.07) is 5.04. The van der Waals surface area contributed by atoms with Gasteiger partial charge in [0.05, 0.1) is 38.1 Å². The van der Waals surface area contributed by atoms with Gasteiger partial charge in [0, 0.05) is 36.4 Å². The van der Waals surface area contributed by atoms with Crippen LogP contribution in [0.25, 0.3) is 0 Å². The van der Waals surface area contributed by atoms with Crippen molar-refractivity contribution in [3.8, 4) is 5.75 Å². The zero-order chi connectivity index (χ0) is 18.1. The molecule has 0 atom stereocenters. The standard InChI is InChI=1S/C18H19ClN4O3/c1-25-16-3-2-13(19)8-14(16)17(24)23-10-12-9-20-18(21-15(12)11-23)22-4-6-26-7-5-22/h2-3,8-9H,4-7,10-11H2,1H3. The third kappa shape index (κ3) is 3.20. The second kappa shape index (κ2) is 7.09. The second-order valence-electron chi connectivity index (χ2n) is 6.25. The molecule has 0 bridgehead atoms. The molecule has 136 valence electrons. The Morgan fingerprint density at radius 1 is 1.27 bits per heavy atom. The Kier molecular flexibility index (Phi) is 4.65. The topological polar surface area (TPSA) is 67.8 Å². The second-order valence-corrected chi connectivity index (χ2v) is 6.68. The molecule has 1 amide bonds. The average molecular weight is 375 g/mol. The van der Waals surface area contributed by atoms with Crippen molar-refractivity contribution in [1.29, 1.82) is 0 Å². The summed E-state index contributed by atoms with van der Waals surface area (Å²) in [5.41, 5.74) is 2.31. The Balaban J connectivity index is 1.55. The SMILES string of the molecule is COc1ccc(Cl)cc1C(=O)N1Cc2cnc(N3CCOCC3)nc2C1. The molecule has 0 spiro atoms. The van der Waals surface area contributed by atoms with Gasteiger partial charge in [-0.05, 0) is 18.2 Å². The summed E-state index contributed by atoms with van der Waals surface area (Å²) in [6.45, 7) is 3.85. The molecule has 0 N–H and O–H groups in total. The molecule has 2 aliphatic heterocycles. The van der Waals surface area contributed by atoms with E-state index in [0.717, 1.165) is 24.3 Å². The van der Waals surface area contributed by atoms with E-state index in [1.165, 1.54) is 0 Å². The highest BCUT2D eigenvalue weighted by molar-refractivity contribution is 6.31. The molecule has 0 unspecified atom stereocenters. The summed E-state index contributed by atoms with van der Waals surface area (Å²) in [5.74, 6) is 1.08. The van der Waals surface area contributed by atoms with Gasteiger partial charge in [0.1, 0.15) is 5.75 Å². The quantitative estimate of drug-likeness (QED) is 0.819. The molecule has 1 aromatic carbocycles. The Bertz CT molecular complexity index is 839. The fourth-order valence-electron chi connectivity index (χ4n) is 3.22. The van der Waals surface area contributed by atoms with E-state index < -0.39 is 0 Å². The van der Waals surface area contributed by atoms with Crippen LogP contribution in [-0.4, -0.2) is 54.2 Å². The van der Waals surface area contributed by atoms with E-state index in [9.17, 15) is 4.79 Å². The summed E-state index contributed by atoms with van der Waals surface area (Å²) in [5, 5.41) is 0.500. The molecule has 1 aromatic heterocycles. The van der Waals surface area contributed by atoms with E-state index in [1.54, 1.807) is 30.2 Å². The van der Waals surface area contributed by atoms with Crippen LogP contribution in [0.1, 0.15) is 21.6 Å². The van der Waals surface area contributed by atoms with Crippen molar-refractivity contribution in [3.63, 3.8) is 0 Å². The lowest BCUT2D eigenvalue weighted by Crippen LogP contribution is -2.37. The van der Waals surface area contributed by atoms with Gasteiger partial charge in [-0.3, -0.25) is 4.79 Å².